The van der Waals surface area contributed by atoms with Crippen LogP contribution in [0.3, 0.4) is 0 Å². The van der Waals surface area contributed by atoms with Crippen molar-refractivity contribution in [3.05, 3.63) is 88.5 Å². The number of hydrogen-bond donors (Lipinski definition) is 0. The van der Waals surface area contributed by atoms with Crippen LogP contribution in [0.5, 0.6) is 11.5 Å². The highest BCUT2D eigenvalue weighted by Crippen LogP contribution is 2.41. The van der Waals surface area contributed by atoms with Gasteiger partial charge in [-0.1, -0.05) is 24.3 Å². The fourth-order valence-corrected chi connectivity index (χ4v) is 3.32. The van der Waals surface area contributed by atoms with E-state index in [-0.39, 0.29) is 34.7 Å². The number of carbonyl (C=O) groups excluding carboxylic acids is 2. The van der Waals surface area contributed by atoms with Crippen molar-refractivity contribution >= 4 is 17.5 Å². The average Bonchev–Trinajstić information content (AvgIpc) is 2.95. The number of alkyl halides is 3. The molecular weight excluding hydrogens is 421 g/mol. The smallest absolute Gasteiger partial charge is 0.416 e. The van der Waals surface area contributed by atoms with Crippen molar-refractivity contribution in [3.8, 4) is 11.5 Å². The molecule has 0 atom stereocenters. The van der Waals surface area contributed by atoms with Gasteiger partial charge in [0, 0.05) is 0 Å². The summed E-state index contributed by atoms with van der Waals surface area (Å²) < 4.78 is 72.2. The molecule has 3 aromatic carbocycles. The maximum Gasteiger partial charge on any atom is 0.416 e. The maximum atomic E-state index is 14.3. The summed E-state index contributed by atoms with van der Waals surface area (Å²) in [5.41, 5.74) is -0.908. The van der Waals surface area contributed by atoms with Gasteiger partial charge in [0.25, 0.3) is 11.8 Å². The van der Waals surface area contributed by atoms with Crippen molar-refractivity contribution in [2.75, 3.05) is 4.90 Å². The van der Waals surface area contributed by atoms with E-state index in [1.165, 1.54) is 24.3 Å². The third-order valence-corrected chi connectivity index (χ3v) is 4.76. The third kappa shape index (κ3) is 3.41. The van der Waals surface area contributed by atoms with E-state index in [2.05, 4.69) is 0 Å². The van der Waals surface area contributed by atoms with Crippen molar-refractivity contribution in [2.45, 2.75) is 13.1 Å². The number of carbonyl (C=O) groups is 2. The summed E-state index contributed by atoms with van der Waals surface area (Å²) in [6, 6.07) is 10.5. The van der Waals surface area contributed by atoms with Crippen LogP contribution in [0.4, 0.5) is 27.6 Å². The lowest BCUT2D eigenvalue weighted by molar-refractivity contribution is -0.138. The Kier molecular flexibility index (Phi) is 4.76. The molecule has 0 radical (unpaired) electrons. The summed E-state index contributed by atoms with van der Waals surface area (Å²) in [5.74, 6) is -5.84. The summed E-state index contributed by atoms with van der Waals surface area (Å²) in [4.78, 5) is 26.5. The van der Waals surface area contributed by atoms with Gasteiger partial charge < -0.3 is 4.74 Å². The predicted molar refractivity (Wildman–Crippen MR) is 100 cm³/mol. The molecule has 3 aromatic rings. The standard InChI is InChI=1S/C22H12F5NO3/c1-11-5-4-8-17(31-19-15(23)9-12(10-16(19)24)22(25,26)27)18(11)28-20(29)13-6-2-3-7-14(13)21(28)30/h2-10H,1H3. The molecule has 4 rings (SSSR count). The zero-order chi connectivity index (χ0) is 22.5. The number of halogens is 5. The Balaban J connectivity index is 1.80. The summed E-state index contributed by atoms with van der Waals surface area (Å²) in [5, 5.41) is 0. The maximum absolute atomic E-state index is 14.3. The van der Waals surface area contributed by atoms with Crippen molar-refractivity contribution in [3.63, 3.8) is 0 Å². The number of anilines is 1. The summed E-state index contributed by atoms with van der Waals surface area (Å²) in [6.07, 6.45) is -4.95. The van der Waals surface area contributed by atoms with Crippen molar-refractivity contribution in [1.29, 1.82) is 0 Å². The largest absolute Gasteiger partial charge is 0.449 e. The van der Waals surface area contributed by atoms with E-state index in [0.717, 1.165) is 4.90 Å². The van der Waals surface area contributed by atoms with Gasteiger partial charge in [-0.05, 0) is 42.8 Å². The monoisotopic (exact) mass is 433 g/mol. The molecule has 1 aliphatic heterocycles. The van der Waals surface area contributed by atoms with E-state index in [0.29, 0.717) is 5.56 Å². The zero-order valence-electron chi connectivity index (χ0n) is 15.8. The molecule has 1 heterocycles. The molecule has 0 N–H and O–H groups in total. The Morgan fingerprint density at radius 2 is 1.39 bits per heavy atom. The average molecular weight is 433 g/mol. The lowest BCUT2D eigenvalue weighted by Gasteiger charge is -2.21. The molecule has 2 amide bonds. The second-order valence-corrected chi connectivity index (χ2v) is 6.78. The normalized spacial score (nSPS) is 13.5. The first-order valence-electron chi connectivity index (χ1n) is 8.91. The molecule has 0 saturated heterocycles. The number of nitrogens with zero attached hydrogens (tertiary/aromatic N) is 1. The zero-order valence-corrected chi connectivity index (χ0v) is 15.8. The second kappa shape index (κ2) is 7.19. The molecule has 0 saturated carbocycles. The highest BCUT2D eigenvalue weighted by atomic mass is 19.4. The number of fused-ring (bicyclic) bond motifs is 1. The topological polar surface area (TPSA) is 46.6 Å². The number of imide groups is 1. The predicted octanol–water partition coefficient (Wildman–Crippen LogP) is 5.88. The Hall–Kier alpha value is -3.75. The van der Waals surface area contributed by atoms with E-state index in [4.69, 9.17) is 4.74 Å². The van der Waals surface area contributed by atoms with Crippen LogP contribution >= 0.6 is 0 Å². The number of para-hydroxylation sites is 1. The minimum atomic E-state index is -4.95. The van der Waals surface area contributed by atoms with Crippen LogP contribution in [-0.2, 0) is 6.18 Å². The van der Waals surface area contributed by atoms with Crippen LogP contribution < -0.4 is 9.64 Å². The number of hydrogen-bond acceptors (Lipinski definition) is 3. The van der Waals surface area contributed by atoms with Gasteiger partial charge >= 0.3 is 6.18 Å². The fraction of sp³-hybridized carbons (Fsp3) is 0.0909. The van der Waals surface area contributed by atoms with E-state index < -0.39 is 40.9 Å². The van der Waals surface area contributed by atoms with Crippen LogP contribution in [0.2, 0.25) is 0 Å². The molecule has 31 heavy (non-hydrogen) atoms. The van der Waals surface area contributed by atoms with Gasteiger partial charge in [0.05, 0.1) is 22.4 Å². The van der Waals surface area contributed by atoms with E-state index in [1.54, 1.807) is 25.1 Å². The molecule has 0 bridgehead atoms. The SMILES string of the molecule is Cc1cccc(Oc2c(F)cc(C(F)(F)F)cc2F)c1N1C(=O)c2ccccc2C1=O. The number of rotatable bonds is 3. The van der Waals surface area contributed by atoms with Crippen molar-refractivity contribution in [1.82, 2.24) is 0 Å². The highest BCUT2D eigenvalue weighted by molar-refractivity contribution is 6.35. The van der Waals surface area contributed by atoms with Crippen LogP contribution in [0.1, 0.15) is 31.8 Å². The summed E-state index contributed by atoms with van der Waals surface area (Å²) >= 11 is 0. The van der Waals surface area contributed by atoms with E-state index in [1.807, 2.05) is 0 Å². The minimum absolute atomic E-state index is 0.0626. The number of ether oxygens (including phenoxy) is 1. The first-order chi connectivity index (χ1) is 14.6. The Labute approximate surface area is 172 Å². The highest BCUT2D eigenvalue weighted by Gasteiger charge is 2.39. The molecular formula is C22H12F5NO3. The Bertz CT molecular complexity index is 1180. The molecule has 158 valence electrons. The Morgan fingerprint density at radius 1 is 0.839 bits per heavy atom. The van der Waals surface area contributed by atoms with Gasteiger partial charge in [-0.25, -0.2) is 13.7 Å². The number of amides is 2. The van der Waals surface area contributed by atoms with E-state index >= 15 is 0 Å². The van der Waals surface area contributed by atoms with Crippen LogP contribution in [0.25, 0.3) is 0 Å². The molecule has 0 aliphatic carbocycles. The fourth-order valence-electron chi connectivity index (χ4n) is 3.32. The van der Waals surface area contributed by atoms with Gasteiger partial charge in [-0.2, -0.15) is 13.2 Å². The molecule has 4 nitrogen and oxygen atoms in total. The molecule has 0 unspecified atom stereocenters. The quantitative estimate of drug-likeness (QED) is 0.383. The van der Waals surface area contributed by atoms with Gasteiger partial charge in [0.1, 0.15) is 0 Å². The molecule has 0 aromatic heterocycles. The van der Waals surface area contributed by atoms with Crippen LogP contribution in [0.15, 0.2) is 54.6 Å². The molecule has 0 spiro atoms. The van der Waals surface area contributed by atoms with E-state index in [9.17, 15) is 31.5 Å². The summed E-state index contributed by atoms with van der Waals surface area (Å²) in [7, 11) is 0. The van der Waals surface area contributed by atoms with Gasteiger partial charge in [0.2, 0.25) is 0 Å². The van der Waals surface area contributed by atoms with Crippen molar-refractivity contribution < 1.29 is 36.3 Å². The first-order valence-corrected chi connectivity index (χ1v) is 8.91. The van der Waals surface area contributed by atoms with Crippen molar-refractivity contribution in [2.24, 2.45) is 0 Å². The number of aryl methyl sites for hydroxylation is 1. The van der Waals surface area contributed by atoms with Crippen LogP contribution in [0, 0.1) is 18.6 Å². The molecule has 9 heteroatoms. The summed E-state index contributed by atoms with van der Waals surface area (Å²) in [6.45, 7) is 1.55. The van der Waals surface area contributed by atoms with Gasteiger partial charge in [-0.15, -0.1) is 0 Å². The second-order valence-electron chi connectivity index (χ2n) is 6.78. The first kappa shape index (κ1) is 20.5. The Morgan fingerprint density at radius 3 is 1.90 bits per heavy atom. The van der Waals surface area contributed by atoms with Gasteiger partial charge in [-0.3, -0.25) is 9.59 Å². The molecule has 1 aliphatic rings. The van der Waals surface area contributed by atoms with Crippen LogP contribution in [-0.4, -0.2) is 11.8 Å². The minimum Gasteiger partial charge on any atom is -0.449 e. The number of benzene rings is 3. The molecule has 0 fully saturated rings. The lowest BCUT2D eigenvalue weighted by atomic mass is 10.1. The van der Waals surface area contributed by atoms with Gasteiger partial charge in [0.15, 0.2) is 23.1 Å². The third-order valence-electron chi connectivity index (χ3n) is 4.76. The lowest BCUT2D eigenvalue weighted by Crippen LogP contribution is -2.30.